The third-order valence-corrected chi connectivity index (χ3v) is 12.7. The lowest BCUT2D eigenvalue weighted by Crippen LogP contribution is -2.31. The standard InChI is InChI=1S/C46H42N12O9S2/c1-27-6-8-31(9-7-27)37-24-51-43(47)41(55-37)45(61)53-34-12-16-36(17-13-34)69(65,66)58-40(60)18-19-67-26-30-5-3-4-29(20-30)21-39-49-22-32(23-50-39)38-25-52-44(48)42(56-38)46(62)54-33-10-14-35(15-11-33)68(63,64)57-28(2)59/h3-17,20,22-25H,18-19,21,26H2,1-2H3,(H2,47,51)(H2,48,52)(H,53,61)(H,54,62)(H,57,59)(H,58,60). The summed E-state index contributed by atoms with van der Waals surface area (Å²) in [5.74, 6) is -2.64. The summed E-state index contributed by atoms with van der Waals surface area (Å²) in [5, 5.41) is 5.22. The van der Waals surface area contributed by atoms with Crippen LogP contribution in [0.1, 0.15) is 56.8 Å². The van der Waals surface area contributed by atoms with Crippen LogP contribution in [0, 0.1) is 6.92 Å². The lowest BCUT2D eigenvalue weighted by Gasteiger charge is -2.10. The van der Waals surface area contributed by atoms with Gasteiger partial charge in [0.05, 0.1) is 53.2 Å². The van der Waals surface area contributed by atoms with Crippen molar-refractivity contribution in [3.8, 4) is 22.5 Å². The van der Waals surface area contributed by atoms with Crippen molar-refractivity contribution in [2.45, 2.75) is 43.1 Å². The minimum absolute atomic E-state index is 0.0731. The Bertz CT molecular complexity index is 3290. The maximum Gasteiger partial charge on any atom is 0.278 e. The molecule has 4 aromatic carbocycles. The van der Waals surface area contributed by atoms with Gasteiger partial charge in [0.1, 0.15) is 5.82 Å². The van der Waals surface area contributed by atoms with Crippen LogP contribution in [0.2, 0.25) is 0 Å². The third-order valence-electron chi connectivity index (χ3n) is 9.85. The summed E-state index contributed by atoms with van der Waals surface area (Å²) in [5.41, 5.74) is 16.7. The van der Waals surface area contributed by atoms with Crippen molar-refractivity contribution in [1.29, 1.82) is 0 Å². The van der Waals surface area contributed by atoms with Crippen LogP contribution >= 0.6 is 0 Å². The van der Waals surface area contributed by atoms with E-state index in [-0.39, 0.29) is 69.5 Å². The molecular formula is C46H42N12O9S2. The number of nitrogens with two attached hydrogens (primary N) is 2. The zero-order valence-corrected chi connectivity index (χ0v) is 38.3. The second-order valence-electron chi connectivity index (χ2n) is 15.2. The van der Waals surface area contributed by atoms with E-state index < -0.39 is 43.7 Å². The monoisotopic (exact) mass is 970 g/mol. The van der Waals surface area contributed by atoms with Gasteiger partial charge in [-0.15, -0.1) is 0 Å². The summed E-state index contributed by atoms with van der Waals surface area (Å²) in [6.45, 7) is 3.08. The van der Waals surface area contributed by atoms with Gasteiger partial charge in [-0.25, -0.2) is 56.2 Å². The smallest absolute Gasteiger partial charge is 0.278 e. The topological polar surface area (TPSA) is 323 Å². The molecule has 0 aliphatic carbocycles. The molecule has 21 nitrogen and oxygen atoms in total. The van der Waals surface area contributed by atoms with Gasteiger partial charge in [-0.05, 0) is 66.6 Å². The number of carbonyl (C=O) groups excluding carboxylic acids is 4. The largest absolute Gasteiger partial charge is 0.382 e. The van der Waals surface area contributed by atoms with Crippen molar-refractivity contribution in [2.24, 2.45) is 0 Å². The Labute approximate surface area is 395 Å². The Balaban J connectivity index is 0.866. The number of aromatic nitrogens is 6. The molecule has 0 aliphatic heterocycles. The summed E-state index contributed by atoms with van der Waals surface area (Å²) in [6.07, 6.45) is 5.98. The van der Waals surface area contributed by atoms with Crippen molar-refractivity contribution >= 4 is 66.7 Å². The van der Waals surface area contributed by atoms with Crippen LogP contribution < -0.4 is 31.5 Å². The van der Waals surface area contributed by atoms with E-state index in [0.29, 0.717) is 23.5 Å². The Morgan fingerprint density at radius 2 is 1.12 bits per heavy atom. The van der Waals surface area contributed by atoms with Crippen LogP contribution in [0.15, 0.2) is 132 Å². The zero-order valence-electron chi connectivity index (χ0n) is 36.7. The van der Waals surface area contributed by atoms with Crippen molar-refractivity contribution < 1.29 is 40.8 Å². The average molecular weight is 971 g/mol. The van der Waals surface area contributed by atoms with E-state index in [1.165, 1.54) is 73.3 Å². The lowest BCUT2D eigenvalue weighted by atomic mass is 10.1. The minimum Gasteiger partial charge on any atom is -0.382 e. The number of hydrogen-bond donors (Lipinski definition) is 6. The van der Waals surface area contributed by atoms with Gasteiger partial charge in [0.2, 0.25) is 11.8 Å². The van der Waals surface area contributed by atoms with Crippen LogP contribution in [-0.2, 0) is 47.4 Å². The van der Waals surface area contributed by atoms with Crippen LogP contribution in [-0.4, -0.2) is 77.0 Å². The summed E-state index contributed by atoms with van der Waals surface area (Å²) >= 11 is 0. The number of amides is 4. The number of anilines is 4. The van der Waals surface area contributed by atoms with Gasteiger partial charge in [0.25, 0.3) is 31.9 Å². The average Bonchev–Trinajstić information content (AvgIpc) is 3.31. The van der Waals surface area contributed by atoms with Gasteiger partial charge < -0.3 is 26.8 Å². The molecule has 7 rings (SSSR count). The molecule has 0 spiro atoms. The first kappa shape index (κ1) is 48.4. The van der Waals surface area contributed by atoms with E-state index in [9.17, 15) is 36.0 Å². The number of sulfonamides is 2. The molecule has 3 heterocycles. The van der Waals surface area contributed by atoms with Crippen molar-refractivity contribution in [2.75, 3.05) is 28.7 Å². The number of benzene rings is 4. The fraction of sp³-hybridized carbons (Fsp3) is 0.130. The van der Waals surface area contributed by atoms with Crippen LogP contribution in [0.25, 0.3) is 22.5 Å². The second kappa shape index (κ2) is 21.0. The maximum atomic E-state index is 13.1. The number of ether oxygens (including phenoxy) is 1. The van der Waals surface area contributed by atoms with Crippen molar-refractivity contribution in [3.05, 3.63) is 156 Å². The fourth-order valence-electron chi connectivity index (χ4n) is 6.40. The molecule has 0 fully saturated rings. The van der Waals surface area contributed by atoms with Crippen molar-refractivity contribution in [1.82, 2.24) is 39.3 Å². The molecule has 0 unspecified atom stereocenters. The number of carbonyl (C=O) groups is 4. The Morgan fingerprint density at radius 3 is 1.65 bits per heavy atom. The molecule has 4 amide bonds. The first-order valence-electron chi connectivity index (χ1n) is 20.6. The molecule has 0 saturated carbocycles. The summed E-state index contributed by atoms with van der Waals surface area (Å²) in [4.78, 5) is 75.4. The number of aryl methyl sites for hydroxylation is 1. The zero-order chi connectivity index (χ0) is 49.3. The van der Waals surface area contributed by atoms with Gasteiger partial charge in [0.15, 0.2) is 23.0 Å². The molecule has 23 heteroatoms. The molecule has 0 aliphatic rings. The highest BCUT2D eigenvalue weighted by molar-refractivity contribution is 7.90. The first-order valence-corrected chi connectivity index (χ1v) is 23.6. The highest BCUT2D eigenvalue weighted by atomic mass is 32.2. The molecule has 3 aromatic heterocycles. The normalized spacial score (nSPS) is 11.3. The number of nitrogens with zero attached hydrogens (tertiary/aromatic N) is 6. The molecule has 0 saturated heterocycles. The molecule has 0 atom stereocenters. The van der Waals surface area contributed by atoms with E-state index in [4.69, 9.17) is 16.2 Å². The predicted molar refractivity (Wildman–Crippen MR) is 253 cm³/mol. The Kier molecular flexibility index (Phi) is 14.7. The molecule has 0 radical (unpaired) electrons. The van der Waals surface area contributed by atoms with Crippen LogP contribution in [0.5, 0.6) is 0 Å². The third kappa shape index (κ3) is 12.7. The number of rotatable bonds is 17. The lowest BCUT2D eigenvalue weighted by molar-refractivity contribution is -0.120. The summed E-state index contributed by atoms with van der Waals surface area (Å²) in [7, 11) is -8.30. The predicted octanol–water partition coefficient (Wildman–Crippen LogP) is 4.20. The van der Waals surface area contributed by atoms with Gasteiger partial charge >= 0.3 is 0 Å². The highest BCUT2D eigenvalue weighted by Gasteiger charge is 2.21. The van der Waals surface area contributed by atoms with E-state index >= 15 is 0 Å². The quantitative estimate of drug-likeness (QED) is 0.0697. The molecular weight excluding hydrogens is 929 g/mol. The molecule has 0 bridgehead atoms. The van der Waals surface area contributed by atoms with Crippen molar-refractivity contribution in [3.63, 3.8) is 0 Å². The Hall–Kier alpha value is -8.54. The van der Waals surface area contributed by atoms with E-state index in [2.05, 4.69) is 40.5 Å². The molecule has 352 valence electrons. The van der Waals surface area contributed by atoms with Crippen LogP contribution in [0.4, 0.5) is 23.0 Å². The number of nitrogens with one attached hydrogen (secondary N) is 4. The molecule has 69 heavy (non-hydrogen) atoms. The minimum atomic E-state index is -4.24. The second-order valence-corrected chi connectivity index (χ2v) is 18.5. The fourth-order valence-corrected chi connectivity index (χ4v) is 8.41. The van der Waals surface area contributed by atoms with Gasteiger partial charge in [-0.3, -0.25) is 19.2 Å². The summed E-state index contributed by atoms with van der Waals surface area (Å²) < 4.78 is 60.0. The Morgan fingerprint density at radius 1 is 0.609 bits per heavy atom. The molecule has 8 N–H and O–H groups in total. The molecule has 7 aromatic rings. The van der Waals surface area contributed by atoms with E-state index in [1.54, 1.807) is 0 Å². The first-order chi connectivity index (χ1) is 32.9. The SMILES string of the molecule is CC(=O)NS(=O)(=O)c1ccc(NC(=O)c2nc(-c3cnc(Cc4cccc(COCCC(=O)NS(=O)(=O)c5ccc(NC(=O)c6nc(-c7ccc(C)cc7)cnc6N)cc5)c4)nc3)cnc2N)cc1. The van der Waals surface area contributed by atoms with Gasteiger partial charge in [0, 0.05) is 48.2 Å². The van der Waals surface area contributed by atoms with Crippen LogP contribution in [0.3, 0.4) is 0 Å². The summed E-state index contributed by atoms with van der Waals surface area (Å²) in [6, 6.07) is 25.2. The van der Waals surface area contributed by atoms with E-state index in [0.717, 1.165) is 29.2 Å². The maximum absolute atomic E-state index is 13.1. The highest BCUT2D eigenvalue weighted by Crippen LogP contribution is 2.23. The number of hydrogen-bond acceptors (Lipinski definition) is 17. The number of nitrogen functional groups attached to an aromatic ring is 2. The van der Waals surface area contributed by atoms with Gasteiger partial charge in [-0.2, -0.15) is 0 Å². The van der Waals surface area contributed by atoms with Gasteiger partial charge in [-0.1, -0.05) is 54.1 Å². The van der Waals surface area contributed by atoms with E-state index in [1.807, 2.05) is 64.9 Å².